The number of hydrogen-bond donors (Lipinski definition) is 2. The molecule has 2 N–H and O–H groups in total. The van der Waals surface area contributed by atoms with E-state index in [0.717, 1.165) is 22.5 Å². The summed E-state index contributed by atoms with van der Waals surface area (Å²) < 4.78 is 16.6. The molecule has 0 unspecified atom stereocenters. The summed E-state index contributed by atoms with van der Waals surface area (Å²) in [4.78, 5) is 4.55. The molecule has 3 aromatic rings. The van der Waals surface area contributed by atoms with Crippen LogP contribution in [0.25, 0.3) is 5.65 Å². The summed E-state index contributed by atoms with van der Waals surface area (Å²) in [7, 11) is 0. The third-order valence-electron chi connectivity index (χ3n) is 3.80. The Hall–Kier alpha value is -2.48. The maximum absolute atomic E-state index is 13.8. The van der Waals surface area contributed by atoms with Gasteiger partial charge in [0.2, 0.25) is 0 Å². The molecular weight excluding hydrogens is 399 g/mol. The van der Waals surface area contributed by atoms with Gasteiger partial charge in [0.15, 0.2) is 17.4 Å². The van der Waals surface area contributed by atoms with Gasteiger partial charge in [-0.3, -0.25) is 4.40 Å². The van der Waals surface area contributed by atoms with Gasteiger partial charge in [0.05, 0.1) is 0 Å². The first-order valence-corrected chi connectivity index (χ1v) is 9.21. The van der Waals surface area contributed by atoms with Crippen molar-refractivity contribution in [2.24, 2.45) is 4.99 Å². The molecule has 3 rings (SSSR count). The van der Waals surface area contributed by atoms with Crippen molar-refractivity contribution in [2.75, 3.05) is 13.1 Å². The highest BCUT2D eigenvalue weighted by Gasteiger charge is 2.06. The van der Waals surface area contributed by atoms with E-state index in [4.69, 9.17) is 0 Å². The van der Waals surface area contributed by atoms with Crippen LogP contribution < -0.4 is 10.6 Å². The van der Waals surface area contributed by atoms with E-state index < -0.39 is 0 Å². The van der Waals surface area contributed by atoms with Gasteiger partial charge in [-0.1, -0.05) is 22.0 Å². The number of hydrogen-bond acceptors (Lipinski definition) is 3. The molecule has 0 fully saturated rings. The predicted molar refractivity (Wildman–Crippen MR) is 104 cm³/mol. The Labute approximate surface area is 159 Å². The molecule has 0 saturated carbocycles. The lowest BCUT2D eigenvalue weighted by Gasteiger charge is -2.11. The van der Waals surface area contributed by atoms with E-state index in [0.29, 0.717) is 31.0 Å². The van der Waals surface area contributed by atoms with Crippen LogP contribution in [-0.2, 0) is 13.0 Å². The van der Waals surface area contributed by atoms with E-state index in [2.05, 4.69) is 41.8 Å². The number of rotatable bonds is 6. The number of halogens is 2. The number of nitrogens with zero attached hydrogens (tertiary/aromatic N) is 4. The van der Waals surface area contributed by atoms with Crippen LogP contribution in [0, 0.1) is 5.82 Å². The van der Waals surface area contributed by atoms with Gasteiger partial charge in [-0.2, -0.15) is 0 Å². The third-order valence-corrected chi connectivity index (χ3v) is 4.29. The second-order valence-electron chi connectivity index (χ2n) is 5.65. The summed E-state index contributed by atoms with van der Waals surface area (Å²) in [5.74, 6) is 1.22. The van der Waals surface area contributed by atoms with Crippen LogP contribution in [0.4, 0.5) is 4.39 Å². The first-order chi connectivity index (χ1) is 12.7. The van der Waals surface area contributed by atoms with Crippen molar-refractivity contribution in [1.29, 1.82) is 0 Å². The first kappa shape index (κ1) is 18.3. The summed E-state index contributed by atoms with van der Waals surface area (Å²) in [5.41, 5.74) is 1.45. The molecule has 0 bridgehead atoms. The molecule has 0 spiro atoms. The minimum Gasteiger partial charge on any atom is -0.357 e. The van der Waals surface area contributed by atoms with Crippen molar-refractivity contribution < 1.29 is 4.39 Å². The van der Waals surface area contributed by atoms with E-state index in [1.165, 1.54) is 6.07 Å². The van der Waals surface area contributed by atoms with Gasteiger partial charge in [0.1, 0.15) is 12.4 Å². The van der Waals surface area contributed by atoms with Crippen LogP contribution in [0.2, 0.25) is 0 Å². The van der Waals surface area contributed by atoms with Crippen molar-refractivity contribution in [3.8, 4) is 0 Å². The molecule has 0 aliphatic carbocycles. The topological polar surface area (TPSA) is 66.6 Å². The predicted octanol–water partition coefficient (Wildman–Crippen LogP) is 2.93. The van der Waals surface area contributed by atoms with E-state index in [1.54, 1.807) is 12.1 Å². The highest BCUT2D eigenvalue weighted by molar-refractivity contribution is 9.10. The van der Waals surface area contributed by atoms with Crippen LogP contribution >= 0.6 is 15.9 Å². The molecule has 26 heavy (non-hydrogen) atoms. The Morgan fingerprint density at radius 3 is 2.96 bits per heavy atom. The minimum absolute atomic E-state index is 0.202. The maximum Gasteiger partial charge on any atom is 0.191 e. The average molecular weight is 419 g/mol. The van der Waals surface area contributed by atoms with E-state index in [-0.39, 0.29) is 5.82 Å². The molecule has 1 aromatic carbocycles. The number of aliphatic imine (C=N–C) groups is 1. The summed E-state index contributed by atoms with van der Waals surface area (Å²) in [6.45, 7) is 3.70. The lowest BCUT2D eigenvalue weighted by atomic mass is 10.1. The third kappa shape index (κ3) is 4.57. The molecular formula is C18H20BrFN6. The zero-order chi connectivity index (χ0) is 18.4. The van der Waals surface area contributed by atoms with E-state index >= 15 is 0 Å². The smallest absolute Gasteiger partial charge is 0.191 e. The van der Waals surface area contributed by atoms with Crippen LogP contribution in [0.15, 0.2) is 52.1 Å². The van der Waals surface area contributed by atoms with Gasteiger partial charge in [-0.25, -0.2) is 9.38 Å². The quantitative estimate of drug-likeness (QED) is 0.477. The van der Waals surface area contributed by atoms with Gasteiger partial charge in [-0.15, -0.1) is 10.2 Å². The molecule has 136 valence electrons. The summed E-state index contributed by atoms with van der Waals surface area (Å²) >= 11 is 3.37. The van der Waals surface area contributed by atoms with Gasteiger partial charge in [-0.05, 0) is 49.2 Å². The second-order valence-corrected chi connectivity index (χ2v) is 6.57. The molecule has 0 radical (unpaired) electrons. The monoisotopic (exact) mass is 418 g/mol. The zero-order valence-electron chi connectivity index (χ0n) is 14.4. The summed E-state index contributed by atoms with van der Waals surface area (Å²) in [6, 6.07) is 10.7. The number of aromatic nitrogens is 3. The summed E-state index contributed by atoms with van der Waals surface area (Å²) in [5, 5.41) is 14.7. The van der Waals surface area contributed by atoms with Gasteiger partial charge in [0.25, 0.3) is 0 Å². The van der Waals surface area contributed by atoms with E-state index in [9.17, 15) is 4.39 Å². The maximum atomic E-state index is 13.8. The van der Waals surface area contributed by atoms with Gasteiger partial charge in [0, 0.05) is 23.8 Å². The van der Waals surface area contributed by atoms with Crippen molar-refractivity contribution in [1.82, 2.24) is 25.2 Å². The second kappa shape index (κ2) is 8.75. The summed E-state index contributed by atoms with van der Waals surface area (Å²) in [6.07, 6.45) is 2.47. The Morgan fingerprint density at radius 1 is 1.23 bits per heavy atom. The highest BCUT2D eigenvalue weighted by Crippen LogP contribution is 2.15. The molecule has 2 aromatic heterocycles. The fraction of sp³-hybridized carbons (Fsp3) is 0.278. The molecule has 0 saturated heterocycles. The van der Waals surface area contributed by atoms with Gasteiger partial charge >= 0.3 is 0 Å². The van der Waals surface area contributed by atoms with Gasteiger partial charge < -0.3 is 10.6 Å². The van der Waals surface area contributed by atoms with Crippen molar-refractivity contribution in [3.05, 3.63) is 64.3 Å². The number of nitrogens with one attached hydrogen (secondary N) is 2. The largest absolute Gasteiger partial charge is 0.357 e. The fourth-order valence-electron chi connectivity index (χ4n) is 2.54. The minimum atomic E-state index is -0.202. The molecule has 0 amide bonds. The first-order valence-electron chi connectivity index (χ1n) is 8.42. The number of guanidine groups is 1. The average Bonchev–Trinajstić information content (AvgIpc) is 3.06. The number of fused-ring (bicyclic) bond motifs is 1. The Bertz CT molecular complexity index is 908. The van der Waals surface area contributed by atoms with Crippen LogP contribution in [0.5, 0.6) is 0 Å². The SMILES string of the molecule is CCNC(=NCc1nnc2ccccn12)NCCc1cc(Br)ccc1F. The molecule has 8 heteroatoms. The van der Waals surface area contributed by atoms with E-state index in [1.807, 2.05) is 35.7 Å². The van der Waals surface area contributed by atoms with Crippen LogP contribution in [-0.4, -0.2) is 33.6 Å². The van der Waals surface area contributed by atoms with Crippen LogP contribution in [0.3, 0.4) is 0 Å². The standard InChI is InChI=1S/C18H20BrFN6/c1-2-21-18(22-9-8-13-11-14(19)6-7-15(13)20)23-12-17-25-24-16-5-3-4-10-26(16)17/h3-7,10-11H,2,8-9,12H2,1H3,(H2,21,22,23). The molecule has 2 heterocycles. The zero-order valence-corrected chi connectivity index (χ0v) is 16.0. The Balaban J connectivity index is 1.63. The number of pyridine rings is 1. The fourth-order valence-corrected chi connectivity index (χ4v) is 2.95. The lowest BCUT2D eigenvalue weighted by Crippen LogP contribution is -2.38. The molecule has 0 aliphatic rings. The van der Waals surface area contributed by atoms with Crippen molar-refractivity contribution in [2.45, 2.75) is 19.9 Å². The Kier molecular flexibility index (Phi) is 6.17. The van der Waals surface area contributed by atoms with Crippen molar-refractivity contribution >= 4 is 27.5 Å². The molecule has 0 atom stereocenters. The Morgan fingerprint density at radius 2 is 2.12 bits per heavy atom. The highest BCUT2D eigenvalue weighted by atomic mass is 79.9. The number of benzene rings is 1. The van der Waals surface area contributed by atoms with Crippen molar-refractivity contribution in [3.63, 3.8) is 0 Å². The molecule has 6 nitrogen and oxygen atoms in total. The lowest BCUT2D eigenvalue weighted by molar-refractivity contribution is 0.606. The normalized spacial score (nSPS) is 11.7. The molecule has 0 aliphatic heterocycles. The van der Waals surface area contributed by atoms with Crippen LogP contribution in [0.1, 0.15) is 18.3 Å².